The van der Waals surface area contributed by atoms with Crippen LogP contribution < -0.4 is 5.32 Å². The van der Waals surface area contributed by atoms with Crippen molar-refractivity contribution >= 4 is 0 Å². The number of hydrogen-bond acceptors (Lipinski definition) is 2. The summed E-state index contributed by atoms with van der Waals surface area (Å²) in [5, 5.41) is 3.12. The molecule has 0 aliphatic heterocycles. The zero-order valence-corrected chi connectivity index (χ0v) is 6.61. The lowest BCUT2D eigenvalue weighted by molar-refractivity contribution is 0.180. The lowest BCUT2D eigenvalue weighted by Gasteiger charge is -2.08. The average molecular weight is 131 g/mol. The van der Waals surface area contributed by atoms with Crippen molar-refractivity contribution in [3.63, 3.8) is 0 Å². The van der Waals surface area contributed by atoms with E-state index in [0.29, 0.717) is 0 Å². The molecule has 56 valence electrons. The van der Waals surface area contributed by atoms with E-state index in [2.05, 4.69) is 12.2 Å². The van der Waals surface area contributed by atoms with Gasteiger partial charge in [-0.15, -0.1) is 0 Å². The van der Waals surface area contributed by atoms with E-state index in [1.165, 1.54) is 0 Å². The SMILES string of the molecule is CNCC(C)CCOC. The molecule has 1 atom stereocenters. The maximum absolute atomic E-state index is 4.93. The summed E-state index contributed by atoms with van der Waals surface area (Å²) in [6.45, 7) is 4.18. The van der Waals surface area contributed by atoms with Crippen LogP contribution in [0.15, 0.2) is 0 Å². The smallest absolute Gasteiger partial charge is 0.0465 e. The maximum Gasteiger partial charge on any atom is 0.0465 e. The molecule has 0 fully saturated rings. The molecule has 0 aliphatic rings. The number of ether oxygens (including phenoxy) is 1. The molecule has 0 aromatic carbocycles. The minimum Gasteiger partial charge on any atom is -0.385 e. The summed E-state index contributed by atoms with van der Waals surface area (Å²) in [6.07, 6.45) is 1.15. The van der Waals surface area contributed by atoms with Gasteiger partial charge in [-0.1, -0.05) is 6.92 Å². The van der Waals surface area contributed by atoms with E-state index in [1.54, 1.807) is 7.11 Å². The number of nitrogens with one attached hydrogen (secondary N) is 1. The molecule has 0 spiro atoms. The van der Waals surface area contributed by atoms with Gasteiger partial charge in [-0.25, -0.2) is 0 Å². The number of methoxy groups -OCH3 is 1. The second kappa shape index (κ2) is 6.05. The van der Waals surface area contributed by atoms with Crippen molar-refractivity contribution < 1.29 is 4.74 Å². The second-order valence-electron chi connectivity index (χ2n) is 2.44. The molecular weight excluding hydrogens is 114 g/mol. The summed E-state index contributed by atoms with van der Waals surface area (Å²) in [5.41, 5.74) is 0. The average Bonchev–Trinajstić information content (AvgIpc) is 1.85. The van der Waals surface area contributed by atoms with Crippen molar-refractivity contribution in [3.05, 3.63) is 0 Å². The van der Waals surface area contributed by atoms with Gasteiger partial charge < -0.3 is 10.1 Å². The molecule has 0 saturated heterocycles. The third-order valence-corrected chi connectivity index (χ3v) is 1.37. The third-order valence-electron chi connectivity index (χ3n) is 1.37. The van der Waals surface area contributed by atoms with Gasteiger partial charge in [0, 0.05) is 13.7 Å². The van der Waals surface area contributed by atoms with Crippen LogP contribution in [0.1, 0.15) is 13.3 Å². The highest BCUT2D eigenvalue weighted by Gasteiger charge is 1.97. The topological polar surface area (TPSA) is 21.3 Å². The highest BCUT2D eigenvalue weighted by atomic mass is 16.5. The van der Waals surface area contributed by atoms with Gasteiger partial charge in [0.15, 0.2) is 0 Å². The first-order valence-corrected chi connectivity index (χ1v) is 3.44. The Balaban J connectivity index is 2.95. The molecule has 0 saturated carbocycles. The first kappa shape index (κ1) is 8.92. The first-order chi connectivity index (χ1) is 4.31. The Labute approximate surface area is 57.6 Å². The molecule has 0 aromatic rings. The molecule has 9 heavy (non-hydrogen) atoms. The Morgan fingerprint density at radius 1 is 1.56 bits per heavy atom. The molecule has 0 aromatic heterocycles. The predicted molar refractivity (Wildman–Crippen MR) is 39.6 cm³/mol. The van der Waals surface area contributed by atoms with E-state index in [1.807, 2.05) is 7.05 Å². The van der Waals surface area contributed by atoms with Crippen molar-refractivity contribution in [2.24, 2.45) is 5.92 Å². The summed E-state index contributed by atoms with van der Waals surface area (Å²) in [6, 6.07) is 0. The molecule has 0 aliphatic carbocycles. The Hall–Kier alpha value is -0.0800. The van der Waals surface area contributed by atoms with Crippen molar-refractivity contribution in [1.82, 2.24) is 5.32 Å². The van der Waals surface area contributed by atoms with Gasteiger partial charge >= 0.3 is 0 Å². The summed E-state index contributed by atoms with van der Waals surface area (Å²) in [7, 11) is 3.72. The third kappa shape index (κ3) is 5.80. The molecule has 2 nitrogen and oxygen atoms in total. The zero-order valence-electron chi connectivity index (χ0n) is 6.61. The fourth-order valence-corrected chi connectivity index (χ4v) is 0.770. The van der Waals surface area contributed by atoms with Crippen LogP contribution in [0.4, 0.5) is 0 Å². The number of hydrogen-bond donors (Lipinski definition) is 1. The standard InChI is InChI=1S/C7H17NO/c1-7(6-8-2)4-5-9-3/h7-8H,4-6H2,1-3H3. The van der Waals surface area contributed by atoms with Gasteiger partial charge in [0.25, 0.3) is 0 Å². The largest absolute Gasteiger partial charge is 0.385 e. The van der Waals surface area contributed by atoms with Gasteiger partial charge in [0.2, 0.25) is 0 Å². The lowest BCUT2D eigenvalue weighted by atomic mass is 10.1. The number of rotatable bonds is 5. The predicted octanol–water partition coefficient (Wildman–Crippen LogP) is 0.878. The Bertz CT molecular complexity index is 56.9. The fraction of sp³-hybridized carbons (Fsp3) is 1.00. The summed E-state index contributed by atoms with van der Waals surface area (Å²) >= 11 is 0. The van der Waals surface area contributed by atoms with Crippen LogP contribution in [0.2, 0.25) is 0 Å². The maximum atomic E-state index is 4.93. The molecule has 1 N–H and O–H groups in total. The van der Waals surface area contributed by atoms with Crippen LogP contribution in [-0.2, 0) is 4.74 Å². The molecule has 1 unspecified atom stereocenters. The van der Waals surface area contributed by atoms with Crippen LogP contribution in [0.25, 0.3) is 0 Å². The highest BCUT2D eigenvalue weighted by molar-refractivity contribution is 4.52. The summed E-state index contributed by atoms with van der Waals surface area (Å²) < 4.78 is 4.93. The normalized spacial score (nSPS) is 13.7. The summed E-state index contributed by atoms with van der Waals surface area (Å²) in [5.74, 6) is 0.731. The van der Waals surface area contributed by atoms with Crippen molar-refractivity contribution in [1.29, 1.82) is 0 Å². The Kier molecular flexibility index (Phi) is 5.99. The van der Waals surface area contributed by atoms with E-state index in [4.69, 9.17) is 4.74 Å². The van der Waals surface area contributed by atoms with Gasteiger partial charge in [0.1, 0.15) is 0 Å². The minimum atomic E-state index is 0.731. The Morgan fingerprint density at radius 3 is 2.67 bits per heavy atom. The van der Waals surface area contributed by atoms with Crippen LogP contribution >= 0.6 is 0 Å². The molecule has 0 radical (unpaired) electrons. The van der Waals surface area contributed by atoms with E-state index in [9.17, 15) is 0 Å². The van der Waals surface area contributed by atoms with E-state index in [-0.39, 0.29) is 0 Å². The van der Waals surface area contributed by atoms with E-state index >= 15 is 0 Å². The molecule has 0 heterocycles. The molecule has 0 bridgehead atoms. The quantitative estimate of drug-likeness (QED) is 0.598. The van der Waals surface area contributed by atoms with Gasteiger partial charge in [-0.3, -0.25) is 0 Å². The molecule has 2 heteroatoms. The van der Waals surface area contributed by atoms with Crippen molar-refractivity contribution in [2.45, 2.75) is 13.3 Å². The monoisotopic (exact) mass is 131 g/mol. The molecule has 0 amide bonds. The highest BCUT2D eigenvalue weighted by Crippen LogP contribution is 1.98. The first-order valence-electron chi connectivity index (χ1n) is 3.44. The van der Waals surface area contributed by atoms with Crippen LogP contribution in [-0.4, -0.2) is 27.3 Å². The van der Waals surface area contributed by atoms with Crippen LogP contribution in [0, 0.1) is 5.92 Å². The fourth-order valence-electron chi connectivity index (χ4n) is 0.770. The van der Waals surface area contributed by atoms with Crippen molar-refractivity contribution in [2.75, 3.05) is 27.3 Å². The zero-order chi connectivity index (χ0) is 7.11. The molecular formula is C7H17NO. The van der Waals surface area contributed by atoms with Gasteiger partial charge in [-0.2, -0.15) is 0 Å². The van der Waals surface area contributed by atoms with E-state index in [0.717, 1.165) is 25.5 Å². The summed E-state index contributed by atoms with van der Waals surface area (Å²) in [4.78, 5) is 0. The second-order valence-corrected chi connectivity index (χ2v) is 2.44. The lowest BCUT2D eigenvalue weighted by Crippen LogP contribution is -2.17. The van der Waals surface area contributed by atoms with Gasteiger partial charge in [0.05, 0.1) is 0 Å². The van der Waals surface area contributed by atoms with E-state index < -0.39 is 0 Å². The Morgan fingerprint density at radius 2 is 2.22 bits per heavy atom. The van der Waals surface area contributed by atoms with Crippen LogP contribution in [0.5, 0.6) is 0 Å². The van der Waals surface area contributed by atoms with Gasteiger partial charge in [-0.05, 0) is 25.9 Å². The minimum absolute atomic E-state index is 0.731. The van der Waals surface area contributed by atoms with Crippen LogP contribution in [0.3, 0.4) is 0 Å². The molecule has 0 rings (SSSR count). The van der Waals surface area contributed by atoms with Crippen molar-refractivity contribution in [3.8, 4) is 0 Å².